The van der Waals surface area contributed by atoms with Crippen LogP contribution < -0.4 is 4.90 Å². The monoisotopic (exact) mass is 253 g/mol. The second-order valence-electron chi connectivity index (χ2n) is 4.16. The first-order valence-corrected chi connectivity index (χ1v) is 8.14. The van der Waals surface area contributed by atoms with Crippen LogP contribution in [-0.2, 0) is 0 Å². The first-order valence-electron chi connectivity index (χ1n) is 5.83. The normalized spacial score (nSPS) is 18.7. The van der Waals surface area contributed by atoms with E-state index in [4.69, 9.17) is 0 Å². The molecule has 0 amide bonds. The van der Waals surface area contributed by atoms with Crippen molar-refractivity contribution in [3.05, 3.63) is 29.8 Å². The SMILES string of the molecule is Cc1cccc(N2CSCCCCSC2)c1. The Labute approximate surface area is 107 Å². The molecule has 3 heteroatoms. The summed E-state index contributed by atoms with van der Waals surface area (Å²) >= 11 is 4.13. The molecule has 2 rings (SSSR count). The van der Waals surface area contributed by atoms with E-state index in [0.29, 0.717) is 0 Å². The molecule has 0 N–H and O–H groups in total. The van der Waals surface area contributed by atoms with Gasteiger partial charge >= 0.3 is 0 Å². The summed E-state index contributed by atoms with van der Waals surface area (Å²) in [5.41, 5.74) is 2.73. The standard InChI is InChI=1S/C13H19NS2/c1-12-5-4-6-13(9-12)14-10-15-7-2-3-8-16-11-14/h4-6,9H,2-3,7-8,10-11H2,1H3. The van der Waals surface area contributed by atoms with Crippen LogP contribution >= 0.6 is 23.5 Å². The lowest BCUT2D eigenvalue weighted by molar-refractivity contribution is 0.909. The fourth-order valence-corrected chi connectivity index (χ4v) is 3.88. The summed E-state index contributed by atoms with van der Waals surface area (Å²) < 4.78 is 0. The van der Waals surface area contributed by atoms with E-state index in [2.05, 4.69) is 59.6 Å². The van der Waals surface area contributed by atoms with Gasteiger partial charge in [-0.2, -0.15) is 0 Å². The molecule has 88 valence electrons. The van der Waals surface area contributed by atoms with Gasteiger partial charge in [0.15, 0.2) is 0 Å². The Morgan fingerprint density at radius 3 is 2.38 bits per heavy atom. The van der Waals surface area contributed by atoms with Crippen molar-refractivity contribution in [1.82, 2.24) is 0 Å². The van der Waals surface area contributed by atoms with Crippen LogP contribution in [0.4, 0.5) is 5.69 Å². The average Bonchev–Trinajstić information content (AvgIpc) is 2.42. The van der Waals surface area contributed by atoms with Gasteiger partial charge in [-0.25, -0.2) is 0 Å². The molecule has 1 nitrogen and oxygen atoms in total. The lowest BCUT2D eigenvalue weighted by Gasteiger charge is -2.23. The van der Waals surface area contributed by atoms with Gasteiger partial charge in [-0.05, 0) is 49.0 Å². The molecular weight excluding hydrogens is 234 g/mol. The van der Waals surface area contributed by atoms with E-state index in [1.54, 1.807) is 0 Å². The Morgan fingerprint density at radius 2 is 1.75 bits per heavy atom. The fourth-order valence-electron chi connectivity index (χ4n) is 1.77. The van der Waals surface area contributed by atoms with Crippen molar-refractivity contribution in [2.75, 3.05) is 28.2 Å². The van der Waals surface area contributed by atoms with Gasteiger partial charge in [0, 0.05) is 5.69 Å². The summed E-state index contributed by atoms with van der Waals surface area (Å²) in [6, 6.07) is 8.84. The Bertz CT molecular complexity index is 317. The van der Waals surface area contributed by atoms with Crippen molar-refractivity contribution in [2.24, 2.45) is 0 Å². The molecule has 0 spiro atoms. The van der Waals surface area contributed by atoms with E-state index in [0.717, 1.165) is 11.8 Å². The first-order chi connectivity index (χ1) is 7.86. The van der Waals surface area contributed by atoms with E-state index in [9.17, 15) is 0 Å². The third-order valence-electron chi connectivity index (χ3n) is 2.69. The maximum absolute atomic E-state index is 2.49. The van der Waals surface area contributed by atoms with Gasteiger partial charge < -0.3 is 4.90 Å². The van der Waals surface area contributed by atoms with Crippen LogP contribution in [0.2, 0.25) is 0 Å². The minimum Gasteiger partial charge on any atom is -0.353 e. The molecule has 16 heavy (non-hydrogen) atoms. The van der Waals surface area contributed by atoms with E-state index >= 15 is 0 Å². The third-order valence-corrected chi connectivity index (χ3v) is 4.83. The zero-order chi connectivity index (χ0) is 11.2. The van der Waals surface area contributed by atoms with E-state index in [1.165, 1.54) is 35.6 Å². The van der Waals surface area contributed by atoms with Gasteiger partial charge in [0.1, 0.15) is 0 Å². The van der Waals surface area contributed by atoms with Gasteiger partial charge in [0.25, 0.3) is 0 Å². The van der Waals surface area contributed by atoms with Crippen molar-refractivity contribution in [2.45, 2.75) is 19.8 Å². The number of hydrogen-bond acceptors (Lipinski definition) is 3. The molecule has 1 saturated heterocycles. The van der Waals surface area contributed by atoms with Crippen LogP contribution in [0, 0.1) is 6.92 Å². The smallest absolute Gasteiger partial charge is 0.0648 e. The molecule has 0 radical (unpaired) electrons. The Hall–Kier alpha value is -0.280. The fraction of sp³-hybridized carbons (Fsp3) is 0.538. The molecule has 1 heterocycles. The summed E-state index contributed by atoms with van der Waals surface area (Å²) in [6.45, 7) is 2.17. The van der Waals surface area contributed by atoms with Crippen LogP contribution in [0.15, 0.2) is 24.3 Å². The molecule has 0 aromatic heterocycles. The number of hydrogen-bond donors (Lipinski definition) is 0. The Morgan fingerprint density at radius 1 is 1.06 bits per heavy atom. The van der Waals surface area contributed by atoms with Gasteiger partial charge in [-0.15, -0.1) is 23.5 Å². The summed E-state index contributed by atoms with van der Waals surface area (Å²) in [4.78, 5) is 2.49. The minimum atomic E-state index is 1.14. The van der Waals surface area contributed by atoms with Crippen molar-refractivity contribution >= 4 is 29.2 Å². The van der Waals surface area contributed by atoms with Crippen molar-refractivity contribution in [1.29, 1.82) is 0 Å². The predicted molar refractivity (Wildman–Crippen MR) is 77.5 cm³/mol. The molecule has 1 fully saturated rings. The van der Waals surface area contributed by atoms with Gasteiger partial charge in [0.2, 0.25) is 0 Å². The van der Waals surface area contributed by atoms with Crippen molar-refractivity contribution < 1.29 is 0 Å². The number of rotatable bonds is 1. The van der Waals surface area contributed by atoms with E-state index in [-0.39, 0.29) is 0 Å². The maximum Gasteiger partial charge on any atom is 0.0648 e. The topological polar surface area (TPSA) is 3.24 Å². The van der Waals surface area contributed by atoms with E-state index < -0.39 is 0 Å². The van der Waals surface area contributed by atoms with Crippen molar-refractivity contribution in [3.8, 4) is 0 Å². The molecule has 1 aromatic carbocycles. The summed E-state index contributed by atoms with van der Waals surface area (Å²) in [5.74, 6) is 4.89. The molecule has 0 unspecified atom stereocenters. The second-order valence-corrected chi connectivity index (χ2v) is 6.31. The highest BCUT2D eigenvalue weighted by Crippen LogP contribution is 2.23. The molecule has 0 saturated carbocycles. The van der Waals surface area contributed by atoms with E-state index in [1.807, 2.05) is 0 Å². The van der Waals surface area contributed by atoms with Crippen molar-refractivity contribution in [3.63, 3.8) is 0 Å². The number of benzene rings is 1. The average molecular weight is 253 g/mol. The molecular formula is C13H19NS2. The summed E-state index contributed by atoms with van der Waals surface area (Å²) in [5, 5.41) is 0. The Kier molecular flexibility index (Phi) is 4.91. The lowest BCUT2D eigenvalue weighted by Crippen LogP contribution is -2.22. The van der Waals surface area contributed by atoms with Gasteiger partial charge in [-0.3, -0.25) is 0 Å². The largest absolute Gasteiger partial charge is 0.353 e. The quantitative estimate of drug-likeness (QED) is 0.745. The highest BCUT2D eigenvalue weighted by atomic mass is 32.2. The highest BCUT2D eigenvalue weighted by molar-refractivity contribution is 8.00. The number of nitrogens with zero attached hydrogens (tertiary/aromatic N) is 1. The van der Waals surface area contributed by atoms with Crippen LogP contribution in [0.3, 0.4) is 0 Å². The molecule has 0 atom stereocenters. The zero-order valence-corrected chi connectivity index (χ0v) is 11.4. The maximum atomic E-state index is 2.49. The predicted octanol–water partition coefficient (Wildman–Crippen LogP) is 3.98. The minimum absolute atomic E-state index is 1.14. The molecule has 0 bridgehead atoms. The molecule has 1 aromatic rings. The van der Waals surface area contributed by atoms with Crippen LogP contribution in [0.5, 0.6) is 0 Å². The molecule has 0 aliphatic carbocycles. The second kappa shape index (κ2) is 6.45. The molecule has 1 aliphatic heterocycles. The summed E-state index contributed by atoms with van der Waals surface area (Å²) in [7, 11) is 0. The summed E-state index contributed by atoms with van der Waals surface area (Å²) in [6.07, 6.45) is 2.75. The van der Waals surface area contributed by atoms with Crippen LogP contribution in [0.1, 0.15) is 18.4 Å². The Balaban J connectivity index is 2.04. The first kappa shape index (κ1) is 12.2. The third kappa shape index (κ3) is 3.63. The highest BCUT2D eigenvalue weighted by Gasteiger charge is 2.08. The van der Waals surface area contributed by atoms with Crippen LogP contribution in [0.25, 0.3) is 0 Å². The van der Waals surface area contributed by atoms with Crippen LogP contribution in [-0.4, -0.2) is 23.3 Å². The number of anilines is 1. The van der Waals surface area contributed by atoms with Gasteiger partial charge in [0.05, 0.1) is 11.8 Å². The zero-order valence-electron chi connectivity index (χ0n) is 9.82. The number of thioether (sulfide) groups is 2. The lowest BCUT2D eigenvalue weighted by atomic mass is 10.2. The molecule has 1 aliphatic rings. The van der Waals surface area contributed by atoms with Gasteiger partial charge in [-0.1, -0.05) is 12.1 Å². The number of aryl methyl sites for hydroxylation is 1.